The van der Waals surface area contributed by atoms with Crippen molar-refractivity contribution in [3.05, 3.63) is 29.3 Å². The molecule has 4 aliphatic rings. The Labute approximate surface area is 181 Å². The van der Waals surface area contributed by atoms with E-state index in [2.05, 4.69) is 16.0 Å². The highest BCUT2D eigenvalue weighted by atomic mass is 16.2. The van der Waals surface area contributed by atoms with E-state index in [1.807, 2.05) is 6.07 Å². The van der Waals surface area contributed by atoms with Crippen molar-refractivity contribution >= 4 is 29.3 Å². The molecule has 0 bridgehead atoms. The predicted octanol–water partition coefficient (Wildman–Crippen LogP) is 1.81. The molecule has 1 aliphatic carbocycles. The average molecular weight is 425 g/mol. The van der Waals surface area contributed by atoms with Crippen LogP contribution < -0.4 is 16.0 Å². The van der Waals surface area contributed by atoms with Gasteiger partial charge >= 0.3 is 0 Å². The number of hydrogen-bond acceptors (Lipinski definition) is 6. The fourth-order valence-corrected chi connectivity index (χ4v) is 5.63. The Morgan fingerprint density at radius 3 is 2.32 bits per heavy atom. The van der Waals surface area contributed by atoms with E-state index in [-0.39, 0.29) is 18.7 Å². The third kappa shape index (κ3) is 3.63. The van der Waals surface area contributed by atoms with Crippen LogP contribution in [0.25, 0.3) is 0 Å². The quantitative estimate of drug-likeness (QED) is 0.639. The number of fused-ring (bicyclic) bond motifs is 1. The van der Waals surface area contributed by atoms with E-state index in [0.717, 1.165) is 36.5 Å². The van der Waals surface area contributed by atoms with Crippen LogP contribution in [0.15, 0.2) is 18.2 Å². The molecule has 31 heavy (non-hydrogen) atoms. The van der Waals surface area contributed by atoms with Gasteiger partial charge in [-0.15, -0.1) is 0 Å². The van der Waals surface area contributed by atoms with Crippen molar-refractivity contribution in [2.24, 2.45) is 5.41 Å². The Balaban J connectivity index is 1.27. The molecular weight excluding hydrogens is 396 g/mol. The normalized spacial score (nSPS) is 26.2. The maximum atomic E-state index is 13.0. The molecule has 1 atom stereocenters. The third-order valence-electron chi connectivity index (χ3n) is 7.52. The Morgan fingerprint density at radius 2 is 1.61 bits per heavy atom. The topological polar surface area (TPSA) is 108 Å². The monoisotopic (exact) mass is 424 g/mol. The van der Waals surface area contributed by atoms with Gasteiger partial charge in [0.05, 0.1) is 11.1 Å². The van der Waals surface area contributed by atoms with Gasteiger partial charge in [0.25, 0.3) is 11.8 Å². The highest BCUT2D eigenvalue weighted by Gasteiger charge is 2.44. The maximum absolute atomic E-state index is 13.0. The van der Waals surface area contributed by atoms with Crippen LogP contribution in [0.4, 0.5) is 5.69 Å². The first-order valence-corrected chi connectivity index (χ1v) is 11.3. The van der Waals surface area contributed by atoms with Crippen LogP contribution in [0.3, 0.4) is 0 Å². The molecule has 3 heterocycles. The summed E-state index contributed by atoms with van der Waals surface area (Å²) in [4.78, 5) is 50.4. The number of rotatable bonds is 3. The molecule has 0 aromatic heterocycles. The molecule has 1 unspecified atom stereocenters. The molecule has 5 rings (SSSR count). The molecule has 0 radical (unpaired) electrons. The molecule has 1 spiro atoms. The maximum Gasteiger partial charge on any atom is 0.262 e. The molecule has 8 nitrogen and oxygen atoms in total. The summed E-state index contributed by atoms with van der Waals surface area (Å²) in [5, 5.41) is 9.23. The van der Waals surface area contributed by atoms with Crippen LogP contribution in [-0.4, -0.2) is 53.7 Å². The Morgan fingerprint density at radius 1 is 0.903 bits per heavy atom. The summed E-state index contributed by atoms with van der Waals surface area (Å²) in [5.41, 5.74) is 1.96. The van der Waals surface area contributed by atoms with Gasteiger partial charge < -0.3 is 10.6 Å². The Bertz CT molecular complexity index is 943. The minimum absolute atomic E-state index is 0.121. The van der Waals surface area contributed by atoms with Crippen LogP contribution in [0, 0.1) is 5.41 Å². The smallest absolute Gasteiger partial charge is 0.262 e. The number of amides is 4. The predicted molar refractivity (Wildman–Crippen MR) is 114 cm³/mol. The Kier molecular flexibility index (Phi) is 5.04. The summed E-state index contributed by atoms with van der Waals surface area (Å²) in [6.45, 7) is 2.23. The lowest BCUT2D eigenvalue weighted by atomic mass is 9.67. The van der Waals surface area contributed by atoms with Crippen molar-refractivity contribution in [1.82, 2.24) is 15.5 Å². The minimum atomic E-state index is -0.930. The molecule has 3 fully saturated rings. The van der Waals surface area contributed by atoms with Gasteiger partial charge in [0, 0.05) is 18.2 Å². The minimum Gasteiger partial charge on any atom is -0.382 e. The second-order valence-electron chi connectivity index (χ2n) is 9.38. The number of benzene rings is 1. The van der Waals surface area contributed by atoms with Gasteiger partial charge in [-0.25, -0.2) is 0 Å². The van der Waals surface area contributed by atoms with Gasteiger partial charge in [0.1, 0.15) is 6.04 Å². The first-order chi connectivity index (χ1) is 15.0. The number of imide groups is 2. The first-order valence-electron chi connectivity index (χ1n) is 11.3. The van der Waals surface area contributed by atoms with Gasteiger partial charge in [-0.05, 0) is 81.6 Å². The van der Waals surface area contributed by atoms with E-state index in [0.29, 0.717) is 22.6 Å². The molecule has 1 aromatic carbocycles. The number of nitrogens with one attached hydrogen (secondary N) is 3. The van der Waals surface area contributed by atoms with E-state index in [4.69, 9.17) is 0 Å². The summed E-state index contributed by atoms with van der Waals surface area (Å²) in [6, 6.07) is 4.67. The molecule has 3 N–H and O–H groups in total. The summed E-state index contributed by atoms with van der Waals surface area (Å²) in [6.07, 6.45) is 7.45. The fraction of sp³-hybridized carbons (Fsp3) is 0.565. The van der Waals surface area contributed by atoms with Crippen LogP contribution in [0.2, 0.25) is 0 Å². The van der Waals surface area contributed by atoms with Crippen molar-refractivity contribution in [2.45, 2.75) is 63.5 Å². The van der Waals surface area contributed by atoms with Gasteiger partial charge in [-0.3, -0.25) is 29.4 Å². The largest absolute Gasteiger partial charge is 0.382 e. The van der Waals surface area contributed by atoms with Crippen molar-refractivity contribution < 1.29 is 19.2 Å². The van der Waals surface area contributed by atoms with E-state index >= 15 is 0 Å². The summed E-state index contributed by atoms with van der Waals surface area (Å²) in [7, 11) is 0. The number of carbonyl (C=O) groups excluding carboxylic acids is 4. The molecular formula is C23H28N4O4. The van der Waals surface area contributed by atoms with Crippen LogP contribution in [-0.2, 0) is 9.59 Å². The zero-order valence-corrected chi connectivity index (χ0v) is 17.5. The highest BCUT2D eigenvalue weighted by molar-refractivity contribution is 6.23. The van der Waals surface area contributed by atoms with Crippen molar-refractivity contribution in [3.8, 4) is 0 Å². The zero-order chi connectivity index (χ0) is 21.6. The van der Waals surface area contributed by atoms with Gasteiger partial charge in [-0.2, -0.15) is 0 Å². The number of piperidine rings is 2. The lowest BCUT2D eigenvalue weighted by Crippen LogP contribution is -2.54. The molecule has 4 amide bonds. The number of carbonyl (C=O) groups is 4. The van der Waals surface area contributed by atoms with E-state index in [9.17, 15) is 19.2 Å². The third-order valence-corrected chi connectivity index (χ3v) is 7.52. The number of hydrogen-bond donors (Lipinski definition) is 3. The standard InChI is InChI=1S/C23H28N4O4/c28-19-4-3-18(20(29)26-19)27-21(30)16-2-1-15(13-17(16)22(27)31)25-14-5-7-23(8-6-14)9-11-24-12-10-23/h1-2,13-14,18,24-25H,3-12H2,(H,26,28,29). The highest BCUT2D eigenvalue weighted by Crippen LogP contribution is 2.43. The molecule has 8 heteroatoms. The second kappa shape index (κ2) is 7.75. The van der Waals surface area contributed by atoms with Crippen molar-refractivity contribution in [1.29, 1.82) is 0 Å². The molecule has 3 aliphatic heterocycles. The van der Waals surface area contributed by atoms with Gasteiger partial charge in [0.15, 0.2) is 0 Å². The SMILES string of the molecule is O=C1CCC(N2C(=O)c3ccc(NC4CCC5(CCNCC5)CC4)cc3C2=O)C(=O)N1. The number of nitrogens with zero attached hydrogens (tertiary/aromatic N) is 1. The molecule has 1 aromatic rings. The average Bonchev–Trinajstić information content (AvgIpc) is 3.01. The number of anilines is 1. The van der Waals surface area contributed by atoms with Crippen LogP contribution in [0.1, 0.15) is 72.1 Å². The second-order valence-corrected chi connectivity index (χ2v) is 9.38. The summed E-state index contributed by atoms with van der Waals surface area (Å²) >= 11 is 0. The van der Waals surface area contributed by atoms with E-state index in [1.54, 1.807) is 12.1 Å². The fourth-order valence-electron chi connectivity index (χ4n) is 5.63. The lowest BCUT2D eigenvalue weighted by Gasteiger charge is -2.43. The van der Waals surface area contributed by atoms with Crippen LogP contribution >= 0.6 is 0 Å². The molecule has 2 saturated heterocycles. The Hall–Kier alpha value is -2.74. The van der Waals surface area contributed by atoms with Crippen molar-refractivity contribution in [3.63, 3.8) is 0 Å². The van der Waals surface area contributed by atoms with Crippen LogP contribution in [0.5, 0.6) is 0 Å². The summed E-state index contributed by atoms with van der Waals surface area (Å²) < 4.78 is 0. The van der Waals surface area contributed by atoms with Crippen molar-refractivity contribution in [2.75, 3.05) is 18.4 Å². The van der Waals surface area contributed by atoms with E-state index < -0.39 is 23.8 Å². The van der Waals surface area contributed by atoms with E-state index in [1.165, 1.54) is 25.7 Å². The molecule has 164 valence electrons. The molecule has 1 saturated carbocycles. The zero-order valence-electron chi connectivity index (χ0n) is 17.5. The van der Waals surface area contributed by atoms with Gasteiger partial charge in [0.2, 0.25) is 11.8 Å². The van der Waals surface area contributed by atoms with Gasteiger partial charge in [-0.1, -0.05) is 0 Å². The first kappa shape index (κ1) is 20.2. The summed E-state index contributed by atoms with van der Waals surface area (Å²) in [5.74, 6) is -1.89. The lowest BCUT2D eigenvalue weighted by molar-refractivity contribution is -0.136.